The van der Waals surface area contributed by atoms with E-state index in [0.29, 0.717) is 5.92 Å². The summed E-state index contributed by atoms with van der Waals surface area (Å²) in [7, 11) is 1.69. The normalized spacial score (nSPS) is 12.8. The lowest BCUT2D eigenvalue weighted by Gasteiger charge is -2.15. The highest BCUT2D eigenvalue weighted by atomic mass is 35.5. The Morgan fingerprint density at radius 3 is 2.62 bits per heavy atom. The number of rotatable bonds is 6. The van der Waals surface area contributed by atoms with Crippen LogP contribution in [0.3, 0.4) is 0 Å². The van der Waals surface area contributed by atoms with E-state index in [2.05, 4.69) is 25.2 Å². The lowest BCUT2D eigenvalue weighted by molar-refractivity contribution is 0.407. The average molecular weight is 242 g/mol. The number of halogens is 1. The monoisotopic (exact) mass is 241 g/mol. The molecule has 3 heteroatoms. The van der Waals surface area contributed by atoms with Crippen LogP contribution in [0, 0.1) is 5.92 Å². The van der Waals surface area contributed by atoms with Gasteiger partial charge in [0.2, 0.25) is 0 Å². The summed E-state index contributed by atoms with van der Waals surface area (Å²) in [5, 5.41) is 3.52. The minimum absolute atomic E-state index is 0.176. The zero-order chi connectivity index (χ0) is 12.0. The van der Waals surface area contributed by atoms with Crippen molar-refractivity contribution in [3.63, 3.8) is 0 Å². The molecule has 90 valence electrons. The Morgan fingerprint density at radius 2 is 2.00 bits per heavy atom. The molecule has 0 saturated carbocycles. The Balaban J connectivity index is 2.42. The molecule has 0 aromatic heterocycles. The first kappa shape index (κ1) is 13.3. The number of ether oxygens (including phenoxy) is 1. The standard InChI is InChI=1S/C13H20ClNO/c1-10(2)12(14)9-15-8-11-6-4-5-7-13(11)16-3/h4-7,10,12,15H,8-9H2,1-3H3. The van der Waals surface area contributed by atoms with E-state index in [9.17, 15) is 0 Å². The number of para-hydroxylation sites is 1. The van der Waals surface area contributed by atoms with Gasteiger partial charge >= 0.3 is 0 Å². The highest BCUT2D eigenvalue weighted by molar-refractivity contribution is 6.20. The van der Waals surface area contributed by atoms with Gasteiger partial charge in [0.1, 0.15) is 5.75 Å². The fourth-order valence-electron chi connectivity index (χ4n) is 1.43. The zero-order valence-corrected chi connectivity index (χ0v) is 10.9. The third kappa shape index (κ3) is 4.03. The second-order valence-electron chi connectivity index (χ2n) is 4.20. The van der Waals surface area contributed by atoms with Crippen molar-refractivity contribution in [1.82, 2.24) is 5.32 Å². The van der Waals surface area contributed by atoms with E-state index in [0.717, 1.165) is 24.4 Å². The fraction of sp³-hybridized carbons (Fsp3) is 0.538. The van der Waals surface area contributed by atoms with Gasteiger partial charge in [-0.05, 0) is 12.0 Å². The van der Waals surface area contributed by atoms with Crippen LogP contribution in [0.4, 0.5) is 0 Å². The van der Waals surface area contributed by atoms with E-state index in [-0.39, 0.29) is 5.38 Å². The maximum absolute atomic E-state index is 6.16. The Kier molecular flexibility index (Phi) is 5.64. The SMILES string of the molecule is COc1ccccc1CNCC(Cl)C(C)C. The Hall–Kier alpha value is -0.730. The summed E-state index contributed by atoms with van der Waals surface area (Å²) in [6.45, 7) is 5.86. The molecule has 0 bridgehead atoms. The van der Waals surface area contributed by atoms with Gasteiger partial charge in [0.15, 0.2) is 0 Å². The first-order valence-electron chi connectivity index (χ1n) is 5.61. The largest absolute Gasteiger partial charge is 0.496 e. The molecule has 1 unspecified atom stereocenters. The third-order valence-corrected chi connectivity index (χ3v) is 3.23. The second-order valence-corrected chi connectivity index (χ2v) is 4.76. The summed E-state index contributed by atoms with van der Waals surface area (Å²) in [6.07, 6.45) is 0. The molecule has 1 aromatic carbocycles. The van der Waals surface area contributed by atoms with Crippen LogP contribution in [0.25, 0.3) is 0 Å². The summed E-state index contributed by atoms with van der Waals surface area (Å²) in [5.41, 5.74) is 1.16. The number of methoxy groups -OCH3 is 1. The molecule has 0 aliphatic rings. The summed E-state index contributed by atoms with van der Waals surface area (Å²) in [5.74, 6) is 1.41. The highest BCUT2D eigenvalue weighted by Gasteiger charge is 2.09. The van der Waals surface area contributed by atoms with E-state index >= 15 is 0 Å². The minimum Gasteiger partial charge on any atom is -0.496 e. The third-order valence-electron chi connectivity index (χ3n) is 2.57. The Bertz CT molecular complexity index is 315. The van der Waals surface area contributed by atoms with Gasteiger partial charge in [-0.2, -0.15) is 0 Å². The molecule has 1 N–H and O–H groups in total. The average Bonchev–Trinajstić information content (AvgIpc) is 2.29. The summed E-state index contributed by atoms with van der Waals surface area (Å²) in [4.78, 5) is 0. The predicted octanol–water partition coefficient (Wildman–Crippen LogP) is 3.05. The number of hydrogen-bond acceptors (Lipinski definition) is 2. The van der Waals surface area contributed by atoms with Gasteiger partial charge in [-0.3, -0.25) is 0 Å². The lowest BCUT2D eigenvalue weighted by atomic mass is 10.1. The number of hydrogen-bond donors (Lipinski definition) is 1. The van der Waals surface area contributed by atoms with Crippen LogP contribution in [0.5, 0.6) is 5.75 Å². The summed E-state index contributed by atoms with van der Waals surface area (Å²) in [6, 6.07) is 8.02. The molecule has 0 aliphatic carbocycles. The molecule has 1 aromatic rings. The minimum atomic E-state index is 0.176. The molecule has 0 radical (unpaired) electrons. The maximum Gasteiger partial charge on any atom is 0.123 e. The highest BCUT2D eigenvalue weighted by Crippen LogP contribution is 2.17. The number of benzene rings is 1. The Labute approximate surface area is 103 Å². The van der Waals surface area contributed by atoms with Gasteiger partial charge < -0.3 is 10.1 Å². The van der Waals surface area contributed by atoms with Crippen molar-refractivity contribution in [1.29, 1.82) is 0 Å². The van der Waals surface area contributed by atoms with Crippen molar-refractivity contribution in [2.24, 2.45) is 5.92 Å². The molecule has 0 aliphatic heterocycles. The molecule has 0 amide bonds. The molecule has 2 nitrogen and oxygen atoms in total. The zero-order valence-electron chi connectivity index (χ0n) is 10.2. The fourth-order valence-corrected chi connectivity index (χ4v) is 1.54. The molecular weight excluding hydrogens is 222 g/mol. The predicted molar refractivity (Wildman–Crippen MR) is 69.2 cm³/mol. The molecule has 0 heterocycles. The van der Waals surface area contributed by atoms with Gasteiger partial charge in [-0.15, -0.1) is 11.6 Å². The topological polar surface area (TPSA) is 21.3 Å². The molecule has 0 saturated heterocycles. The van der Waals surface area contributed by atoms with Crippen molar-refractivity contribution in [3.05, 3.63) is 29.8 Å². The lowest BCUT2D eigenvalue weighted by Crippen LogP contribution is -2.26. The van der Waals surface area contributed by atoms with Gasteiger partial charge in [-0.1, -0.05) is 32.0 Å². The van der Waals surface area contributed by atoms with E-state index in [1.807, 2.05) is 18.2 Å². The van der Waals surface area contributed by atoms with Crippen molar-refractivity contribution in [2.45, 2.75) is 25.8 Å². The van der Waals surface area contributed by atoms with Gasteiger partial charge in [0, 0.05) is 24.0 Å². The Morgan fingerprint density at radius 1 is 1.31 bits per heavy atom. The van der Waals surface area contributed by atoms with Crippen LogP contribution >= 0.6 is 11.6 Å². The number of nitrogens with one attached hydrogen (secondary N) is 1. The van der Waals surface area contributed by atoms with Crippen LogP contribution in [0.1, 0.15) is 19.4 Å². The van der Waals surface area contributed by atoms with Crippen molar-refractivity contribution in [3.8, 4) is 5.75 Å². The van der Waals surface area contributed by atoms with Crippen LogP contribution < -0.4 is 10.1 Å². The van der Waals surface area contributed by atoms with E-state index in [4.69, 9.17) is 16.3 Å². The molecule has 16 heavy (non-hydrogen) atoms. The molecule has 1 rings (SSSR count). The molecule has 1 atom stereocenters. The quantitative estimate of drug-likeness (QED) is 0.773. The van der Waals surface area contributed by atoms with Gasteiger partial charge in [0.25, 0.3) is 0 Å². The van der Waals surface area contributed by atoms with Crippen molar-refractivity contribution < 1.29 is 4.74 Å². The van der Waals surface area contributed by atoms with E-state index < -0.39 is 0 Å². The summed E-state index contributed by atoms with van der Waals surface area (Å²) < 4.78 is 5.28. The molecular formula is C13H20ClNO. The van der Waals surface area contributed by atoms with E-state index in [1.165, 1.54) is 0 Å². The van der Waals surface area contributed by atoms with Crippen LogP contribution in [0.15, 0.2) is 24.3 Å². The second kappa shape index (κ2) is 6.77. The van der Waals surface area contributed by atoms with Gasteiger partial charge in [0.05, 0.1) is 7.11 Å². The molecule has 0 fully saturated rings. The van der Waals surface area contributed by atoms with E-state index in [1.54, 1.807) is 7.11 Å². The van der Waals surface area contributed by atoms with Gasteiger partial charge in [-0.25, -0.2) is 0 Å². The smallest absolute Gasteiger partial charge is 0.123 e. The molecule has 0 spiro atoms. The van der Waals surface area contributed by atoms with Crippen LogP contribution in [-0.4, -0.2) is 19.0 Å². The van der Waals surface area contributed by atoms with Crippen molar-refractivity contribution >= 4 is 11.6 Å². The van der Waals surface area contributed by atoms with Crippen LogP contribution in [-0.2, 0) is 6.54 Å². The number of alkyl halides is 1. The first-order chi connectivity index (χ1) is 7.65. The van der Waals surface area contributed by atoms with Crippen molar-refractivity contribution in [2.75, 3.05) is 13.7 Å². The first-order valence-corrected chi connectivity index (χ1v) is 6.05. The summed E-state index contributed by atoms with van der Waals surface area (Å²) >= 11 is 6.16. The maximum atomic E-state index is 6.16. The van der Waals surface area contributed by atoms with Crippen LogP contribution in [0.2, 0.25) is 0 Å².